The molecule has 0 radical (unpaired) electrons. The molecule has 2 fully saturated rings. The average Bonchev–Trinajstić information content (AvgIpc) is 3.44. The minimum Gasteiger partial charge on any atom is -0.370 e. The van der Waals surface area contributed by atoms with E-state index in [4.69, 9.17) is 40.4 Å². The lowest BCUT2D eigenvalue weighted by Crippen LogP contribution is -2.38. The van der Waals surface area contributed by atoms with Crippen LogP contribution in [0, 0.1) is 32.6 Å². The average molecular weight is 619 g/mol. The van der Waals surface area contributed by atoms with Crippen molar-refractivity contribution < 1.29 is 0 Å². The highest BCUT2D eigenvalue weighted by atomic mass is 35.5. The van der Waals surface area contributed by atoms with Crippen molar-refractivity contribution in [1.82, 2.24) is 14.9 Å². The maximum absolute atomic E-state index is 7.04. The van der Waals surface area contributed by atoms with Crippen molar-refractivity contribution in [2.45, 2.75) is 53.1 Å². The van der Waals surface area contributed by atoms with Crippen LogP contribution in [-0.4, -0.2) is 27.8 Å². The van der Waals surface area contributed by atoms with Gasteiger partial charge in [0.25, 0.3) is 0 Å². The van der Waals surface area contributed by atoms with E-state index in [1.807, 2.05) is 30.5 Å². The summed E-state index contributed by atoms with van der Waals surface area (Å²) >= 11 is 19.5. The van der Waals surface area contributed by atoms with Gasteiger partial charge < -0.3 is 19.7 Å². The fourth-order valence-electron chi connectivity index (χ4n) is 6.99. The number of piperidine rings is 1. The number of halogens is 2. The van der Waals surface area contributed by atoms with Crippen LogP contribution in [0.2, 0.25) is 10.0 Å². The Morgan fingerprint density at radius 1 is 0.905 bits per heavy atom. The van der Waals surface area contributed by atoms with Crippen molar-refractivity contribution in [2.75, 3.05) is 22.9 Å². The van der Waals surface area contributed by atoms with Crippen molar-refractivity contribution in [2.24, 2.45) is 11.8 Å². The van der Waals surface area contributed by atoms with Crippen LogP contribution in [0.3, 0.4) is 0 Å². The maximum Gasteiger partial charge on any atom is 0.174 e. The van der Waals surface area contributed by atoms with Crippen molar-refractivity contribution in [3.8, 4) is 5.69 Å². The third-order valence-electron chi connectivity index (χ3n) is 8.72. The smallest absolute Gasteiger partial charge is 0.174 e. The van der Waals surface area contributed by atoms with Gasteiger partial charge in [-0.2, -0.15) is 0 Å². The number of hydrogen-bond acceptors (Lipinski definition) is 3. The monoisotopic (exact) mass is 617 g/mol. The maximum atomic E-state index is 7.04. The molecule has 2 aromatic heterocycles. The van der Waals surface area contributed by atoms with E-state index < -0.39 is 0 Å². The number of aryl methyl sites for hydroxylation is 2. The molecule has 0 bridgehead atoms. The number of hydrogen-bond donors (Lipinski definition) is 1. The van der Waals surface area contributed by atoms with E-state index in [1.165, 1.54) is 12.0 Å². The first-order valence-corrected chi connectivity index (χ1v) is 15.8. The molecule has 4 atom stereocenters. The third-order valence-corrected chi connectivity index (χ3v) is 9.57. The summed E-state index contributed by atoms with van der Waals surface area (Å²) in [5.41, 5.74) is 8.68. The summed E-state index contributed by atoms with van der Waals surface area (Å²) in [6, 6.07) is 20.5. The number of nitrogens with one attached hydrogen (secondary N) is 1. The minimum atomic E-state index is -0.143. The van der Waals surface area contributed by atoms with Crippen LogP contribution in [0.1, 0.15) is 60.6 Å². The van der Waals surface area contributed by atoms with Gasteiger partial charge >= 0.3 is 0 Å². The zero-order valence-electron chi connectivity index (χ0n) is 24.7. The van der Waals surface area contributed by atoms with Gasteiger partial charge in [-0.15, -0.1) is 0 Å². The predicted octanol–water partition coefficient (Wildman–Crippen LogP) is 8.76. The zero-order chi connectivity index (χ0) is 29.7. The molecule has 2 aromatic carbocycles. The quantitative estimate of drug-likeness (QED) is 0.226. The summed E-state index contributed by atoms with van der Waals surface area (Å²) in [5, 5.41) is 5.72. The van der Waals surface area contributed by atoms with Gasteiger partial charge in [0.15, 0.2) is 5.11 Å². The van der Waals surface area contributed by atoms with Crippen molar-refractivity contribution in [1.29, 1.82) is 0 Å². The molecule has 0 unspecified atom stereocenters. The normalized spacial score (nSPS) is 22.5. The number of benzene rings is 2. The molecule has 2 aliphatic heterocycles. The molecule has 4 aromatic rings. The van der Waals surface area contributed by atoms with E-state index in [2.05, 4.69) is 90.7 Å². The van der Waals surface area contributed by atoms with Crippen LogP contribution in [0.25, 0.3) is 5.69 Å². The standard InChI is InChI=1S/C34H37Cl2N5S/c1-20-14-21(2)19-39(18-20)30-12-11-26(17-28(30)36)41-33(32(38-34(41)42)29-8-6-7-13-37-29)27-15-23(4)40(24(27)5)31-16-25(35)10-9-22(31)3/h6-13,15-17,20-21,32-33H,14,18-19H2,1-5H3,(H,38,42)/t20-,21-,32-,33+/m0/s1. The van der Waals surface area contributed by atoms with Crippen LogP contribution in [0.5, 0.6) is 0 Å². The van der Waals surface area contributed by atoms with Gasteiger partial charge in [-0.25, -0.2) is 0 Å². The lowest BCUT2D eigenvalue weighted by Gasteiger charge is -2.37. The van der Waals surface area contributed by atoms with Crippen LogP contribution < -0.4 is 15.1 Å². The number of rotatable bonds is 5. The molecule has 2 saturated heterocycles. The number of thiocarbonyl (C=S) groups is 1. The lowest BCUT2D eigenvalue weighted by molar-refractivity contribution is 0.357. The summed E-state index contributed by atoms with van der Waals surface area (Å²) in [4.78, 5) is 9.39. The van der Waals surface area contributed by atoms with Gasteiger partial charge in [0, 0.05) is 47.1 Å². The fraction of sp³-hybridized carbons (Fsp3) is 0.353. The van der Waals surface area contributed by atoms with Gasteiger partial charge in [0.05, 0.1) is 28.5 Å². The second-order valence-corrected chi connectivity index (χ2v) is 13.3. The Kier molecular flexibility index (Phi) is 7.99. The summed E-state index contributed by atoms with van der Waals surface area (Å²) in [6.07, 6.45) is 3.09. The molecule has 0 spiro atoms. The molecule has 4 heterocycles. The molecule has 6 rings (SSSR count). The number of anilines is 2. The largest absolute Gasteiger partial charge is 0.370 e. The van der Waals surface area contributed by atoms with Crippen LogP contribution >= 0.6 is 35.4 Å². The van der Waals surface area contributed by atoms with Gasteiger partial charge in [0.2, 0.25) is 0 Å². The first-order valence-electron chi connectivity index (χ1n) is 14.6. The zero-order valence-corrected chi connectivity index (χ0v) is 27.1. The molecule has 0 amide bonds. The van der Waals surface area contributed by atoms with Crippen molar-refractivity contribution in [3.63, 3.8) is 0 Å². The second kappa shape index (κ2) is 11.6. The van der Waals surface area contributed by atoms with Crippen LogP contribution in [-0.2, 0) is 0 Å². The van der Waals surface area contributed by atoms with E-state index in [0.717, 1.165) is 57.8 Å². The number of aromatic nitrogens is 2. The molecule has 0 aliphatic carbocycles. The lowest BCUT2D eigenvalue weighted by atomic mass is 9.91. The first-order chi connectivity index (χ1) is 20.1. The molecule has 1 N–H and O–H groups in total. The Hall–Kier alpha value is -3.06. The Bertz CT molecular complexity index is 1620. The molecule has 5 nitrogen and oxygen atoms in total. The Labute approximate surface area is 264 Å². The van der Waals surface area contributed by atoms with E-state index in [0.29, 0.717) is 22.0 Å². The molecule has 2 aliphatic rings. The Balaban J connectivity index is 1.45. The van der Waals surface area contributed by atoms with Crippen molar-refractivity contribution in [3.05, 3.63) is 105 Å². The molecular weight excluding hydrogens is 581 g/mol. The summed E-state index contributed by atoms with van der Waals surface area (Å²) in [7, 11) is 0. The summed E-state index contributed by atoms with van der Waals surface area (Å²) in [6.45, 7) is 13.1. The first kappa shape index (κ1) is 29.0. The highest BCUT2D eigenvalue weighted by molar-refractivity contribution is 7.80. The molecule has 218 valence electrons. The molecule has 42 heavy (non-hydrogen) atoms. The van der Waals surface area contributed by atoms with Crippen LogP contribution in [0.4, 0.5) is 11.4 Å². The highest BCUT2D eigenvalue weighted by Gasteiger charge is 2.42. The Morgan fingerprint density at radius 2 is 1.67 bits per heavy atom. The molecule has 0 saturated carbocycles. The van der Waals surface area contributed by atoms with Crippen molar-refractivity contribution >= 4 is 51.9 Å². The Morgan fingerprint density at radius 3 is 2.36 bits per heavy atom. The van der Waals surface area contributed by atoms with Gasteiger partial charge in [-0.05, 0) is 111 Å². The summed E-state index contributed by atoms with van der Waals surface area (Å²) < 4.78 is 2.29. The van der Waals surface area contributed by atoms with Gasteiger partial charge in [0.1, 0.15) is 0 Å². The van der Waals surface area contributed by atoms with E-state index in [9.17, 15) is 0 Å². The topological polar surface area (TPSA) is 36.3 Å². The predicted molar refractivity (Wildman–Crippen MR) is 180 cm³/mol. The highest BCUT2D eigenvalue weighted by Crippen LogP contribution is 2.45. The molecule has 8 heteroatoms. The minimum absolute atomic E-state index is 0.135. The fourth-order valence-corrected chi connectivity index (χ4v) is 7.80. The summed E-state index contributed by atoms with van der Waals surface area (Å²) in [5.74, 6) is 1.28. The third kappa shape index (κ3) is 5.29. The van der Waals surface area contributed by atoms with E-state index in [-0.39, 0.29) is 12.1 Å². The SMILES string of the molecule is Cc1ccc(Cl)cc1-n1c(C)cc([C@@H]2[C@H](c3ccccn3)NC(=S)N2c2ccc(N3C[C@@H](C)C[C@H](C)C3)c(Cl)c2)c1C. The number of nitrogens with zero attached hydrogens (tertiary/aromatic N) is 4. The van der Waals surface area contributed by atoms with Gasteiger partial charge in [-0.3, -0.25) is 4.98 Å². The second-order valence-electron chi connectivity index (χ2n) is 12.1. The van der Waals surface area contributed by atoms with E-state index in [1.54, 1.807) is 0 Å². The number of pyridine rings is 1. The van der Waals surface area contributed by atoms with E-state index >= 15 is 0 Å². The van der Waals surface area contributed by atoms with Gasteiger partial charge in [-0.1, -0.05) is 49.2 Å². The van der Waals surface area contributed by atoms with Crippen LogP contribution in [0.15, 0.2) is 66.9 Å². The molecular formula is C34H37Cl2N5S.